The van der Waals surface area contributed by atoms with Crippen molar-refractivity contribution in [1.29, 1.82) is 0 Å². The highest BCUT2D eigenvalue weighted by molar-refractivity contribution is 5.95. The van der Waals surface area contributed by atoms with Crippen molar-refractivity contribution in [2.24, 2.45) is 0 Å². The minimum atomic E-state index is -0.809. The number of amides is 2. The quantitative estimate of drug-likeness (QED) is 0.201. The van der Waals surface area contributed by atoms with Crippen LogP contribution in [0, 0.1) is 20.2 Å². The van der Waals surface area contributed by atoms with Gasteiger partial charge in [0.25, 0.3) is 23.2 Å². The van der Waals surface area contributed by atoms with E-state index < -0.39 is 33.0 Å². The largest absolute Gasteiger partial charge is 0.446 e. The van der Waals surface area contributed by atoms with Crippen molar-refractivity contribution in [3.8, 4) is 0 Å². The number of aromatic nitrogens is 1. The fourth-order valence-electron chi connectivity index (χ4n) is 3.13. The van der Waals surface area contributed by atoms with E-state index in [-0.39, 0.29) is 30.2 Å². The maximum Gasteiger partial charge on any atom is 0.277 e. The van der Waals surface area contributed by atoms with Gasteiger partial charge in [-0.2, -0.15) is 0 Å². The van der Waals surface area contributed by atoms with E-state index in [2.05, 4.69) is 10.3 Å². The fourth-order valence-corrected chi connectivity index (χ4v) is 3.13. The lowest BCUT2D eigenvalue weighted by atomic mass is 10.1. The summed E-state index contributed by atoms with van der Waals surface area (Å²) in [6, 6.07) is 2.73. The van der Waals surface area contributed by atoms with Gasteiger partial charge in [0.05, 0.1) is 28.0 Å². The second-order valence-electron chi connectivity index (χ2n) is 7.46. The molecule has 2 amide bonds. The fraction of sp³-hybridized carbons (Fsp3) is 0.500. The Morgan fingerprint density at radius 3 is 2.22 bits per heavy atom. The molecule has 2 rings (SSSR count). The van der Waals surface area contributed by atoms with E-state index in [4.69, 9.17) is 13.9 Å². The molecule has 0 saturated heterocycles. The minimum absolute atomic E-state index is 0.0223. The number of nitro benzene ring substituents is 2. The van der Waals surface area contributed by atoms with Gasteiger partial charge in [0.2, 0.25) is 5.89 Å². The van der Waals surface area contributed by atoms with E-state index in [0.717, 1.165) is 24.5 Å². The molecule has 196 valence electrons. The number of nitrogens with one attached hydrogen (secondary N) is 1. The molecule has 0 aliphatic carbocycles. The molecule has 0 aliphatic rings. The van der Waals surface area contributed by atoms with Crippen LogP contribution in [0.15, 0.2) is 28.9 Å². The number of carbonyl (C=O) groups is 2. The monoisotopic (exact) mass is 507 g/mol. The van der Waals surface area contributed by atoms with Gasteiger partial charge in [-0.1, -0.05) is 0 Å². The van der Waals surface area contributed by atoms with Crippen molar-refractivity contribution in [1.82, 2.24) is 15.2 Å². The van der Waals surface area contributed by atoms with Crippen LogP contribution in [0.5, 0.6) is 0 Å². The first-order valence-electron chi connectivity index (χ1n) is 11.4. The molecule has 14 nitrogen and oxygen atoms in total. The van der Waals surface area contributed by atoms with Crippen molar-refractivity contribution in [2.45, 2.75) is 33.2 Å². The summed E-state index contributed by atoms with van der Waals surface area (Å²) in [6.45, 7) is 5.98. The van der Waals surface area contributed by atoms with Gasteiger partial charge in [0.1, 0.15) is 6.26 Å². The maximum atomic E-state index is 13.2. The molecule has 1 N–H and O–H groups in total. The van der Waals surface area contributed by atoms with Gasteiger partial charge >= 0.3 is 0 Å². The Labute approximate surface area is 206 Å². The molecule has 0 saturated carbocycles. The first-order chi connectivity index (χ1) is 17.3. The number of benzene rings is 1. The van der Waals surface area contributed by atoms with Crippen LogP contribution in [0.3, 0.4) is 0 Å². The summed E-state index contributed by atoms with van der Waals surface area (Å²) >= 11 is 0. The highest BCUT2D eigenvalue weighted by atomic mass is 16.6. The molecule has 0 bridgehead atoms. The van der Waals surface area contributed by atoms with Crippen LogP contribution in [-0.2, 0) is 16.0 Å². The third kappa shape index (κ3) is 8.70. The summed E-state index contributed by atoms with van der Waals surface area (Å²) in [5.41, 5.74) is -1.37. The van der Waals surface area contributed by atoms with Crippen molar-refractivity contribution in [2.75, 3.05) is 39.5 Å². The number of carbonyl (C=O) groups excluding carboxylic acids is 2. The minimum Gasteiger partial charge on any atom is -0.446 e. The van der Waals surface area contributed by atoms with Crippen molar-refractivity contribution < 1.29 is 33.3 Å². The topological polar surface area (TPSA) is 180 Å². The van der Waals surface area contributed by atoms with E-state index in [1.807, 2.05) is 13.8 Å². The lowest BCUT2D eigenvalue weighted by Gasteiger charge is -2.21. The lowest BCUT2D eigenvalue weighted by Crippen LogP contribution is -2.32. The number of hydrogen-bond donors (Lipinski definition) is 1. The number of ether oxygens (including phenoxy) is 2. The molecule has 0 radical (unpaired) electrons. The number of hydrogen-bond acceptors (Lipinski definition) is 10. The Balaban J connectivity index is 2.18. The summed E-state index contributed by atoms with van der Waals surface area (Å²) in [4.78, 5) is 51.7. The smallest absolute Gasteiger partial charge is 0.277 e. The van der Waals surface area contributed by atoms with Crippen LogP contribution in [0.1, 0.15) is 53.4 Å². The van der Waals surface area contributed by atoms with Crippen LogP contribution in [-0.4, -0.2) is 71.1 Å². The summed E-state index contributed by atoms with van der Waals surface area (Å²) < 4.78 is 15.9. The average molecular weight is 508 g/mol. The summed E-state index contributed by atoms with van der Waals surface area (Å²) in [5, 5.41) is 25.1. The third-order valence-electron chi connectivity index (χ3n) is 4.84. The van der Waals surface area contributed by atoms with Gasteiger partial charge < -0.3 is 24.1 Å². The summed E-state index contributed by atoms with van der Waals surface area (Å²) in [6.07, 6.45) is 2.21. The predicted molar refractivity (Wildman–Crippen MR) is 126 cm³/mol. The van der Waals surface area contributed by atoms with Gasteiger partial charge in [-0.15, -0.1) is 0 Å². The molecule has 0 spiro atoms. The van der Waals surface area contributed by atoms with Crippen LogP contribution < -0.4 is 5.32 Å². The van der Waals surface area contributed by atoms with E-state index in [0.29, 0.717) is 45.8 Å². The zero-order valence-electron chi connectivity index (χ0n) is 20.1. The second-order valence-corrected chi connectivity index (χ2v) is 7.46. The number of rotatable bonds is 16. The normalized spacial score (nSPS) is 10.7. The first-order valence-corrected chi connectivity index (χ1v) is 11.4. The van der Waals surface area contributed by atoms with E-state index >= 15 is 0 Å². The number of non-ortho nitro benzene ring substituents is 2. The molecule has 0 fully saturated rings. The maximum absolute atomic E-state index is 13.2. The number of nitro groups is 2. The lowest BCUT2D eigenvalue weighted by molar-refractivity contribution is -0.394. The van der Waals surface area contributed by atoms with Crippen LogP contribution in [0.4, 0.5) is 11.4 Å². The Hall–Kier alpha value is -3.91. The van der Waals surface area contributed by atoms with E-state index in [1.54, 1.807) is 0 Å². The molecule has 14 heteroatoms. The standard InChI is InChI=1S/C22H29N5O9/c1-3-34-9-5-7-23-21(28)19-15-36-20(24-19)14-25(8-6-10-35-4-2)22(29)16-11-17(26(30)31)13-18(12-16)27(32)33/h11-13,15H,3-10,14H2,1-2H3,(H,23,28). The molecule has 0 unspecified atom stereocenters. The third-order valence-corrected chi connectivity index (χ3v) is 4.84. The highest BCUT2D eigenvalue weighted by Gasteiger charge is 2.25. The number of nitrogens with zero attached hydrogens (tertiary/aromatic N) is 4. The van der Waals surface area contributed by atoms with Crippen molar-refractivity contribution in [3.63, 3.8) is 0 Å². The molecule has 1 aromatic carbocycles. The zero-order chi connectivity index (χ0) is 26.5. The molecular weight excluding hydrogens is 478 g/mol. The molecule has 2 aromatic rings. The van der Waals surface area contributed by atoms with Gasteiger partial charge in [-0.3, -0.25) is 29.8 Å². The molecule has 0 atom stereocenters. The second kappa shape index (κ2) is 14.5. The predicted octanol–water partition coefficient (Wildman–Crippen LogP) is 2.72. The van der Waals surface area contributed by atoms with E-state index in [9.17, 15) is 29.8 Å². The Morgan fingerprint density at radius 1 is 1.03 bits per heavy atom. The van der Waals surface area contributed by atoms with Gasteiger partial charge in [0, 0.05) is 51.6 Å². The molecule has 0 aliphatic heterocycles. The van der Waals surface area contributed by atoms with E-state index in [1.165, 1.54) is 4.90 Å². The Bertz CT molecular complexity index is 1020. The molecule has 36 heavy (non-hydrogen) atoms. The van der Waals surface area contributed by atoms with Gasteiger partial charge in [0.15, 0.2) is 5.69 Å². The van der Waals surface area contributed by atoms with Crippen LogP contribution >= 0.6 is 0 Å². The summed E-state index contributed by atoms with van der Waals surface area (Å²) in [5.74, 6) is -1.09. The average Bonchev–Trinajstić information content (AvgIpc) is 3.33. The zero-order valence-corrected chi connectivity index (χ0v) is 20.1. The molecular formula is C22H29N5O9. The Kier molecular flexibility index (Phi) is 11.4. The van der Waals surface area contributed by atoms with Crippen LogP contribution in [0.2, 0.25) is 0 Å². The van der Waals surface area contributed by atoms with Crippen molar-refractivity contribution >= 4 is 23.2 Å². The molecule has 1 heterocycles. The van der Waals surface area contributed by atoms with Crippen molar-refractivity contribution in [3.05, 3.63) is 61.8 Å². The van der Waals surface area contributed by atoms with Gasteiger partial charge in [-0.05, 0) is 26.7 Å². The highest BCUT2D eigenvalue weighted by Crippen LogP contribution is 2.24. The first kappa shape index (κ1) is 28.3. The molecule has 1 aromatic heterocycles. The van der Waals surface area contributed by atoms with Gasteiger partial charge in [-0.25, -0.2) is 4.98 Å². The Morgan fingerprint density at radius 2 is 1.64 bits per heavy atom. The summed E-state index contributed by atoms with van der Waals surface area (Å²) in [7, 11) is 0. The van der Waals surface area contributed by atoms with Crippen LogP contribution in [0.25, 0.3) is 0 Å². The number of oxazole rings is 1. The SMILES string of the molecule is CCOCCCNC(=O)c1coc(CN(CCCOCC)C(=O)c2cc([N+](=O)[O-])cc([N+](=O)[O-])c2)n1.